The van der Waals surface area contributed by atoms with Crippen LogP contribution in [0.4, 0.5) is 11.4 Å². The molecule has 2 aromatic carbocycles. The van der Waals surface area contributed by atoms with E-state index in [1.54, 1.807) is 0 Å². The van der Waals surface area contributed by atoms with Gasteiger partial charge in [-0.25, -0.2) is 0 Å². The molecule has 2 aromatic rings. The highest BCUT2D eigenvalue weighted by Crippen LogP contribution is 2.47. The van der Waals surface area contributed by atoms with Crippen LogP contribution in [0.25, 0.3) is 0 Å². The first-order valence-electron chi connectivity index (χ1n) is 11.0. The lowest BCUT2D eigenvalue weighted by atomic mass is 10.00. The van der Waals surface area contributed by atoms with Crippen LogP contribution in [-0.4, -0.2) is 55.1 Å². The Kier molecular flexibility index (Phi) is 5.61. The lowest BCUT2D eigenvalue weighted by molar-refractivity contribution is 0.0939. The van der Waals surface area contributed by atoms with Crippen LogP contribution in [0.5, 0.6) is 0 Å². The van der Waals surface area contributed by atoms with E-state index >= 15 is 0 Å². The molecule has 148 valence electrons. The fourth-order valence-electron chi connectivity index (χ4n) is 5.06. The highest BCUT2D eigenvalue weighted by atomic mass is 32.2. The van der Waals surface area contributed by atoms with Gasteiger partial charge in [0.1, 0.15) is 0 Å². The van der Waals surface area contributed by atoms with Crippen LogP contribution >= 0.6 is 11.8 Å². The zero-order chi connectivity index (χ0) is 18.8. The molecule has 3 aliphatic rings. The molecule has 0 spiro atoms. The van der Waals surface area contributed by atoms with Gasteiger partial charge in [0.15, 0.2) is 0 Å². The number of anilines is 2. The molecule has 0 saturated carbocycles. The van der Waals surface area contributed by atoms with E-state index in [4.69, 9.17) is 0 Å². The standard InChI is InChI=1S/C24H31N3S/c1-6-14-26(15-7-1)20-12-16-25(17-13-20)18-19-27-21-8-2-4-10-23(21)28-24-11-5-3-9-22(24)27/h2-5,8-11,20H,1,6-7,12-19H2. The van der Waals surface area contributed by atoms with Crippen LogP contribution in [0.15, 0.2) is 58.3 Å². The van der Waals surface area contributed by atoms with Crippen LogP contribution in [0, 0.1) is 0 Å². The van der Waals surface area contributed by atoms with Crippen LogP contribution in [0.1, 0.15) is 32.1 Å². The summed E-state index contributed by atoms with van der Waals surface area (Å²) >= 11 is 1.90. The third kappa shape index (κ3) is 3.83. The molecule has 3 nitrogen and oxygen atoms in total. The van der Waals surface area contributed by atoms with Crippen LogP contribution in [0.3, 0.4) is 0 Å². The van der Waals surface area contributed by atoms with Crippen molar-refractivity contribution in [3.63, 3.8) is 0 Å². The monoisotopic (exact) mass is 393 g/mol. The maximum atomic E-state index is 2.77. The largest absolute Gasteiger partial charge is 0.338 e. The number of para-hydroxylation sites is 2. The van der Waals surface area contributed by atoms with Gasteiger partial charge in [-0.3, -0.25) is 0 Å². The predicted molar refractivity (Wildman–Crippen MR) is 119 cm³/mol. The molecular weight excluding hydrogens is 362 g/mol. The zero-order valence-electron chi connectivity index (χ0n) is 16.7. The fraction of sp³-hybridized carbons (Fsp3) is 0.500. The maximum absolute atomic E-state index is 2.77. The molecule has 0 aliphatic carbocycles. The Labute approximate surface area is 173 Å². The Hall–Kier alpha value is -1.49. The summed E-state index contributed by atoms with van der Waals surface area (Å²) in [5.41, 5.74) is 2.74. The minimum Gasteiger partial charge on any atom is -0.338 e. The van der Waals surface area contributed by atoms with Gasteiger partial charge in [-0.1, -0.05) is 42.4 Å². The quantitative estimate of drug-likeness (QED) is 0.702. The molecule has 3 aliphatic heterocycles. The van der Waals surface area contributed by atoms with Gasteiger partial charge in [0.05, 0.1) is 11.4 Å². The van der Waals surface area contributed by atoms with Crippen molar-refractivity contribution in [3.8, 4) is 0 Å². The highest BCUT2D eigenvalue weighted by molar-refractivity contribution is 7.99. The van der Waals surface area contributed by atoms with E-state index in [1.165, 1.54) is 79.4 Å². The summed E-state index contributed by atoms with van der Waals surface area (Å²) in [6.07, 6.45) is 6.95. The minimum absolute atomic E-state index is 0.837. The number of hydrogen-bond donors (Lipinski definition) is 0. The number of likely N-dealkylation sites (tertiary alicyclic amines) is 2. The molecule has 0 N–H and O–H groups in total. The summed E-state index contributed by atoms with van der Waals surface area (Å²) in [6.45, 7) is 7.41. The Morgan fingerprint density at radius 2 is 1.32 bits per heavy atom. The van der Waals surface area contributed by atoms with Crippen molar-refractivity contribution in [1.29, 1.82) is 0 Å². The molecule has 4 heteroatoms. The zero-order valence-corrected chi connectivity index (χ0v) is 17.5. The molecule has 0 unspecified atom stereocenters. The SMILES string of the molecule is c1ccc2c(c1)Sc1ccccc1N2CCN1CCC(N2CCCCC2)CC1. The van der Waals surface area contributed by atoms with Crippen molar-refractivity contribution >= 4 is 23.1 Å². The first-order valence-corrected chi connectivity index (χ1v) is 11.8. The number of rotatable bonds is 4. The van der Waals surface area contributed by atoms with Crippen molar-refractivity contribution in [3.05, 3.63) is 48.5 Å². The molecule has 0 radical (unpaired) electrons. The number of nitrogens with zero attached hydrogens (tertiary/aromatic N) is 3. The molecule has 2 saturated heterocycles. The number of benzene rings is 2. The van der Waals surface area contributed by atoms with Gasteiger partial charge in [-0.2, -0.15) is 0 Å². The number of hydrogen-bond acceptors (Lipinski definition) is 4. The smallest absolute Gasteiger partial charge is 0.0553 e. The van der Waals surface area contributed by atoms with Crippen LogP contribution < -0.4 is 4.90 Å². The Morgan fingerprint density at radius 3 is 1.96 bits per heavy atom. The second kappa shape index (κ2) is 8.48. The van der Waals surface area contributed by atoms with E-state index in [-0.39, 0.29) is 0 Å². The van der Waals surface area contributed by atoms with Crippen LogP contribution in [0.2, 0.25) is 0 Å². The van der Waals surface area contributed by atoms with Gasteiger partial charge in [0.25, 0.3) is 0 Å². The molecule has 0 aromatic heterocycles. The molecule has 3 heterocycles. The van der Waals surface area contributed by atoms with Gasteiger partial charge in [-0.15, -0.1) is 0 Å². The summed E-state index contributed by atoms with van der Waals surface area (Å²) in [5, 5.41) is 0. The van der Waals surface area contributed by atoms with Gasteiger partial charge in [0, 0.05) is 28.9 Å². The van der Waals surface area contributed by atoms with E-state index < -0.39 is 0 Å². The van der Waals surface area contributed by atoms with Crippen molar-refractivity contribution in [2.24, 2.45) is 0 Å². The molecule has 2 fully saturated rings. The molecule has 28 heavy (non-hydrogen) atoms. The molecule has 5 rings (SSSR count). The molecule has 0 atom stereocenters. The average molecular weight is 394 g/mol. The average Bonchev–Trinajstić information content (AvgIpc) is 2.77. The number of piperidine rings is 2. The van der Waals surface area contributed by atoms with E-state index in [0.717, 1.165) is 19.1 Å². The lowest BCUT2D eigenvalue weighted by Crippen LogP contribution is -2.47. The first-order chi connectivity index (χ1) is 13.9. The van der Waals surface area contributed by atoms with Crippen molar-refractivity contribution in [1.82, 2.24) is 9.80 Å². The van der Waals surface area contributed by atoms with Gasteiger partial charge in [-0.05, 0) is 76.1 Å². The lowest BCUT2D eigenvalue weighted by Gasteiger charge is -2.41. The fourth-order valence-corrected chi connectivity index (χ4v) is 6.15. The number of fused-ring (bicyclic) bond motifs is 2. The van der Waals surface area contributed by atoms with Crippen LogP contribution in [-0.2, 0) is 0 Å². The van der Waals surface area contributed by atoms with Crippen molar-refractivity contribution in [2.45, 2.75) is 47.9 Å². The summed E-state index contributed by atoms with van der Waals surface area (Å²) in [7, 11) is 0. The first kappa shape index (κ1) is 18.5. The summed E-state index contributed by atoms with van der Waals surface area (Å²) in [4.78, 5) is 10.8. The summed E-state index contributed by atoms with van der Waals surface area (Å²) in [5.74, 6) is 0. The van der Waals surface area contributed by atoms with Gasteiger partial charge >= 0.3 is 0 Å². The van der Waals surface area contributed by atoms with E-state index in [9.17, 15) is 0 Å². The summed E-state index contributed by atoms with van der Waals surface area (Å²) in [6, 6.07) is 18.6. The molecular formula is C24H31N3S. The van der Waals surface area contributed by atoms with E-state index in [2.05, 4.69) is 63.2 Å². The second-order valence-corrected chi connectivity index (χ2v) is 9.44. The van der Waals surface area contributed by atoms with Crippen molar-refractivity contribution < 1.29 is 0 Å². The minimum atomic E-state index is 0.837. The normalized spacial score (nSPS) is 21.4. The van der Waals surface area contributed by atoms with Gasteiger partial charge in [0.2, 0.25) is 0 Å². The van der Waals surface area contributed by atoms with Gasteiger partial charge < -0.3 is 14.7 Å². The topological polar surface area (TPSA) is 9.72 Å². The van der Waals surface area contributed by atoms with E-state index in [1.807, 2.05) is 11.8 Å². The third-order valence-corrected chi connectivity index (χ3v) is 7.77. The van der Waals surface area contributed by atoms with E-state index in [0.29, 0.717) is 0 Å². The Morgan fingerprint density at radius 1 is 0.714 bits per heavy atom. The Balaban J connectivity index is 1.23. The second-order valence-electron chi connectivity index (χ2n) is 8.36. The maximum Gasteiger partial charge on any atom is 0.0553 e. The molecule has 0 amide bonds. The summed E-state index contributed by atoms with van der Waals surface area (Å²) < 4.78 is 0. The predicted octanol–water partition coefficient (Wildman–Crippen LogP) is 5.24. The molecule has 0 bridgehead atoms. The highest BCUT2D eigenvalue weighted by Gasteiger charge is 2.27. The third-order valence-electron chi connectivity index (χ3n) is 6.64. The van der Waals surface area contributed by atoms with Crippen molar-refractivity contribution in [2.75, 3.05) is 44.2 Å². The Bertz CT molecular complexity index is 748.